The van der Waals surface area contributed by atoms with Crippen LogP contribution in [0.4, 0.5) is 0 Å². The van der Waals surface area contributed by atoms with E-state index in [0.717, 1.165) is 6.42 Å². The molecule has 5 heteroatoms. The number of nitrogens with one attached hydrogen (secondary N) is 1. The molecule has 16 heavy (non-hydrogen) atoms. The summed E-state index contributed by atoms with van der Waals surface area (Å²) >= 11 is 0. The summed E-state index contributed by atoms with van der Waals surface area (Å²) in [6.07, 6.45) is 1.44. The fourth-order valence-electron chi connectivity index (χ4n) is 1.30. The zero-order chi connectivity index (χ0) is 12.4. The van der Waals surface area contributed by atoms with Gasteiger partial charge in [-0.15, -0.1) is 0 Å². The average molecular weight is 232 g/mol. The number of ether oxygens (including phenoxy) is 1. The third kappa shape index (κ3) is 8.64. The van der Waals surface area contributed by atoms with E-state index in [1.165, 1.54) is 0 Å². The molecule has 0 rings (SSSR count). The van der Waals surface area contributed by atoms with E-state index in [1.807, 2.05) is 13.8 Å². The molecule has 0 saturated heterocycles. The standard InChI is InChI=1S/C11H24N2O3/c1-9(2)8-10(12)11(15)13-4-3-6-16-7-5-14/h9-10,14H,3-8,12H2,1-2H3,(H,13,15)/t10-/m1/s1. The number of nitrogens with two attached hydrogens (primary N) is 1. The lowest BCUT2D eigenvalue weighted by Crippen LogP contribution is -2.41. The second-order valence-corrected chi connectivity index (χ2v) is 4.22. The molecule has 0 aliphatic rings. The van der Waals surface area contributed by atoms with Gasteiger partial charge in [-0.05, 0) is 18.8 Å². The number of amides is 1. The van der Waals surface area contributed by atoms with Crippen LogP contribution in [0.3, 0.4) is 0 Å². The maximum absolute atomic E-state index is 11.5. The summed E-state index contributed by atoms with van der Waals surface area (Å²) in [7, 11) is 0. The van der Waals surface area contributed by atoms with E-state index in [9.17, 15) is 4.79 Å². The van der Waals surface area contributed by atoms with Crippen LogP contribution in [0.1, 0.15) is 26.7 Å². The molecule has 96 valence electrons. The Morgan fingerprint density at radius 1 is 1.44 bits per heavy atom. The van der Waals surface area contributed by atoms with Crippen LogP contribution in [0.5, 0.6) is 0 Å². The van der Waals surface area contributed by atoms with Gasteiger partial charge in [0.25, 0.3) is 0 Å². The van der Waals surface area contributed by atoms with E-state index in [2.05, 4.69) is 5.32 Å². The lowest BCUT2D eigenvalue weighted by molar-refractivity contribution is -0.122. The van der Waals surface area contributed by atoms with Crippen molar-refractivity contribution in [2.75, 3.05) is 26.4 Å². The molecule has 0 aliphatic heterocycles. The van der Waals surface area contributed by atoms with Gasteiger partial charge in [0.2, 0.25) is 5.91 Å². The van der Waals surface area contributed by atoms with Gasteiger partial charge < -0.3 is 20.9 Å². The quantitative estimate of drug-likeness (QED) is 0.484. The van der Waals surface area contributed by atoms with Gasteiger partial charge in [0, 0.05) is 13.2 Å². The van der Waals surface area contributed by atoms with Gasteiger partial charge in [-0.3, -0.25) is 4.79 Å². The van der Waals surface area contributed by atoms with E-state index in [-0.39, 0.29) is 12.5 Å². The Kier molecular flexibility index (Phi) is 9.18. The molecule has 1 amide bonds. The first-order valence-corrected chi connectivity index (χ1v) is 5.79. The van der Waals surface area contributed by atoms with Gasteiger partial charge in [-0.25, -0.2) is 0 Å². The molecule has 5 nitrogen and oxygen atoms in total. The number of aliphatic hydroxyl groups excluding tert-OH is 1. The summed E-state index contributed by atoms with van der Waals surface area (Å²) in [6, 6.07) is -0.418. The van der Waals surface area contributed by atoms with E-state index in [0.29, 0.717) is 32.1 Å². The lowest BCUT2D eigenvalue weighted by atomic mass is 10.0. The highest BCUT2D eigenvalue weighted by molar-refractivity contribution is 5.81. The molecule has 0 aliphatic carbocycles. The van der Waals surface area contributed by atoms with Gasteiger partial charge in [-0.2, -0.15) is 0 Å². The van der Waals surface area contributed by atoms with Crippen molar-refractivity contribution in [1.82, 2.24) is 5.32 Å². The Bertz CT molecular complexity index is 186. The van der Waals surface area contributed by atoms with Gasteiger partial charge in [0.05, 0.1) is 19.3 Å². The highest BCUT2D eigenvalue weighted by atomic mass is 16.5. The van der Waals surface area contributed by atoms with Gasteiger partial charge >= 0.3 is 0 Å². The predicted molar refractivity (Wildman–Crippen MR) is 63.0 cm³/mol. The van der Waals surface area contributed by atoms with Crippen LogP contribution in [-0.4, -0.2) is 43.4 Å². The molecule has 0 radical (unpaired) electrons. The smallest absolute Gasteiger partial charge is 0.236 e. The summed E-state index contributed by atoms with van der Waals surface area (Å²) in [6.45, 7) is 5.56. The van der Waals surface area contributed by atoms with Crippen molar-refractivity contribution in [1.29, 1.82) is 0 Å². The van der Waals surface area contributed by atoms with Crippen LogP contribution in [0, 0.1) is 5.92 Å². The van der Waals surface area contributed by atoms with E-state index < -0.39 is 6.04 Å². The minimum absolute atomic E-state index is 0.0334. The highest BCUT2D eigenvalue weighted by Gasteiger charge is 2.13. The van der Waals surface area contributed by atoms with Crippen molar-refractivity contribution in [2.24, 2.45) is 11.7 Å². The van der Waals surface area contributed by atoms with Crippen molar-refractivity contribution in [3.63, 3.8) is 0 Å². The van der Waals surface area contributed by atoms with Crippen LogP contribution < -0.4 is 11.1 Å². The molecule has 4 N–H and O–H groups in total. The third-order valence-electron chi connectivity index (χ3n) is 2.06. The lowest BCUT2D eigenvalue weighted by Gasteiger charge is -2.13. The fraction of sp³-hybridized carbons (Fsp3) is 0.909. The van der Waals surface area contributed by atoms with Crippen molar-refractivity contribution in [2.45, 2.75) is 32.7 Å². The van der Waals surface area contributed by atoms with Gasteiger partial charge in [0.15, 0.2) is 0 Å². The maximum Gasteiger partial charge on any atom is 0.236 e. The van der Waals surface area contributed by atoms with Crippen molar-refractivity contribution in [3.8, 4) is 0 Å². The summed E-state index contributed by atoms with van der Waals surface area (Å²) in [5.74, 6) is 0.324. The Morgan fingerprint density at radius 3 is 2.69 bits per heavy atom. The summed E-state index contributed by atoms with van der Waals surface area (Å²) in [4.78, 5) is 11.5. The minimum atomic E-state index is -0.418. The van der Waals surface area contributed by atoms with Gasteiger partial charge in [-0.1, -0.05) is 13.8 Å². The third-order valence-corrected chi connectivity index (χ3v) is 2.06. The van der Waals surface area contributed by atoms with Crippen LogP contribution in [-0.2, 0) is 9.53 Å². The number of carbonyl (C=O) groups excluding carboxylic acids is 1. The highest BCUT2D eigenvalue weighted by Crippen LogP contribution is 2.02. The Labute approximate surface area is 97.3 Å². The molecule has 0 bridgehead atoms. The molecule has 1 atom stereocenters. The minimum Gasteiger partial charge on any atom is -0.394 e. The van der Waals surface area contributed by atoms with Crippen LogP contribution in [0.2, 0.25) is 0 Å². The molecular weight excluding hydrogens is 208 g/mol. The van der Waals surface area contributed by atoms with Crippen LogP contribution >= 0.6 is 0 Å². The molecule has 0 saturated carbocycles. The van der Waals surface area contributed by atoms with E-state index >= 15 is 0 Å². The second kappa shape index (κ2) is 9.57. The second-order valence-electron chi connectivity index (χ2n) is 4.22. The first-order valence-electron chi connectivity index (χ1n) is 5.79. The average Bonchev–Trinajstić information content (AvgIpc) is 2.21. The van der Waals surface area contributed by atoms with Gasteiger partial charge in [0.1, 0.15) is 0 Å². The fourth-order valence-corrected chi connectivity index (χ4v) is 1.30. The molecule has 0 aromatic carbocycles. The number of carbonyl (C=O) groups is 1. The monoisotopic (exact) mass is 232 g/mol. The topological polar surface area (TPSA) is 84.6 Å². The number of hydrogen-bond acceptors (Lipinski definition) is 4. The van der Waals surface area contributed by atoms with Crippen molar-refractivity contribution in [3.05, 3.63) is 0 Å². The van der Waals surface area contributed by atoms with E-state index in [4.69, 9.17) is 15.6 Å². The maximum atomic E-state index is 11.5. The van der Waals surface area contributed by atoms with Crippen molar-refractivity contribution < 1.29 is 14.6 Å². The molecule has 0 unspecified atom stereocenters. The number of hydrogen-bond donors (Lipinski definition) is 3. The van der Waals surface area contributed by atoms with E-state index in [1.54, 1.807) is 0 Å². The Hall–Kier alpha value is -0.650. The molecule has 0 aromatic rings. The number of rotatable bonds is 9. The molecule has 0 aromatic heterocycles. The molecular formula is C11H24N2O3. The number of aliphatic hydroxyl groups is 1. The molecule has 0 fully saturated rings. The van der Waals surface area contributed by atoms with Crippen LogP contribution in [0.25, 0.3) is 0 Å². The normalized spacial score (nSPS) is 12.8. The Morgan fingerprint density at radius 2 is 2.12 bits per heavy atom. The SMILES string of the molecule is CC(C)C[C@@H](N)C(=O)NCCCOCCO. The Balaban J connectivity index is 3.42. The zero-order valence-corrected chi connectivity index (χ0v) is 10.2. The first kappa shape index (κ1) is 15.3. The molecule has 0 heterocycles. The summed E-state index contributed by atoms with van der Waals surface area (Å²) in [5, 5.41) is 11.2. The predicted octanol–water partition coefficient (Wildman–Crippen LogP) is -0.125. The summed E-state index contributed by atoms with van der Waals surface area (Å²) in [5.41, 5.74) is 5.70. The largest absolute Gasteiger partial charge is 0.394 e. The van der Waals surface area contributed by atoms with Crippen molar-refractivity contribution >= 4 is 5.91 Å². The first-order chi connectivity index (χ1) is 7.57. The summed E-state index contributed by atoms with van der Waals surface area (Å²) < 4.78 is 5.06. The molecule has 0 spiro atoms. The van der Waals surface area contributed by atoms with Crippen LogP contribution in [0.15, 0.2) is 0 Å². The zero-order valence-electron chi connectivity index (χ0n) is 10.2.